The average molecular weight is 242 g/mol. The summed E-state index contributed by atoms with van der Waals surface area (Å²) < 4.78 is 0. The molecule has 0 aromatic rings. The third kappa shape index (κ3) is 8.96. The Bertz CT molecular complexity index is 13.5. The van der Waals surface area contributed by atoms with E-state index in [2.05, 4.69) is 0 Å². The molecule has 0 aliphatic carbocycles. The molecule has 0 aliphatic rings. The van der Waals surface area contributed by atoms with Crippen molar-refractivity contribution in [3.8, 4) is 0 Å². The van der Waals surface area contributed by atoms with Gasteiger partial charge in [-0.1, -0.05) is 0 Å². The van der Waals surface area contributed by atoms with E-state index in [0.717, 1.165) is 0 Å². The third-order valence-corrected chi connectivity index (χ3v) is 0. The van der Waals surface area contributed by atoms with Crippen molar-refractivity contribution in [1.29, 1.82) is 0 Å². The van der Waals surface area contributed by atoms with Gasteiger partial charge in [0.1, 0.15) is 0 Å². The molecule has 0 saturated heterocycles. The second-order valence-electron chi connectivity index (χ2n) is 0. The first-order chi connectivity index (χ1) is 0. The van der Waals surface area contributed by atoms with E-state index in [1.54, 1.807) is 0 Å². The van der Waals surface area contributed by atoms with E-state index in [9.17, 15) is 0 Å². The molecule has 0 bridgehead atoms. The van der Waals surface area contributed by atoms with Crippen LogP contribution in [0.5, 0.6) is 0 Å². The zero-order valence-corrected chi connectivity index (χ0v) is 6.48. The molecule has 0 amide bonds. The molecule has 0 aliphatic heterocycles. The SMILES string of the molecule is S.[Ca+2].[H-].[H-].[InH3].[Ti]. The Morgan fingerprint density at radius 2 is 1.25 bits per heavy atom. The van der Waals surface area contributed by atoms with Crippen LogP contribution in [0.2, 0.25) is 0 Å². The van der Waals surface area contributed by atoms with Crippen molar-refractivity contribution in [2.75, 3.05) is 0 Å². The van der Waals surface area contributed by atoms with Crippen LogP contribution in [0.1, 0.15) is 2.85 Å². The van der Waals surface area contributed by atoms with Gasteiger partial charge in [-0.2, -0.15) is 13.5 Å². The maximum absolute atomic E-state index is 0. The topological polar surface area (TPSA) is 0 Å². The molecule has 0 spiro atoms. The minimum atomic E-state index is 0. The number of rotatable bonds is 0. The van der Waals surface area contributed by atoms with Gasteiger partial charge in [0.05, 0.1) is 0 Å². The molecule has 0 aromatic carbocycles. The summed E-state index contributed by atoms with van der Waals surface area (Å²) in [7, 11) is 0. The second kappa shape index (κ2) is 16.4. The summed E-state index contributed by atoms with van der Waals surface area (Å²) in [5.41, 5.74) is 0. The summed E-state index contributed by atoms with van der Waals surface area (Å²) >= 11 is 0. The maximum atomic E-state index is 0. The standard InChI is InChI=1S/Ca.In.H2S.Ti.5H/h;;1H2;;;;;;/q+2;;;;;;;2*-1. The van der Waals surface area contributed by atoms with Crippen LogP contribution in [0.4, 0.5) is 0 Å². The van der Waals surface area contributed by atoms with E-state index in [0.29, 0.717) is 0 Å². The summed E-state index contributed by atoms with van der Waals surface area (Å²) in [6.45, 7) is 0. The Balaban J connectivity index is 0. The fourth-order valence-corrected chi connectivity index (χ4v) is 0. The molecule has 0 rings (SSSR count). The van der Waals surface area contributed by atoms with Gasteiger partial charge in [0.2, 0.25) is 0 Å². The van der Waals surface area contributed by atoms with E-state index in [4.69, 9.17) is 0 Å². The molecule has 0 aromatic heterocycles. The fraction of sp³-hybridized carbons (Fsp3) is 0. The van der Waals surface area contributed by atoms with Crippen molar-refractivity contribution < 1.29 is 24.6 Å². The minimum Gasteiger partial charge on any atom is 0 e. The Kier molecular flexibility index (Phi) is 111. The molecular formula is H7CaInSTi. The van der Waals surface area contributed by atoms with Crippen molar-refractivity contribution in [1.82, 2.24) is 0 Å². The summed E-state index contributed by atoms with van der Waals surface area (Å²) in [6.07, 6.45) is 0. The normalized spacial score (nSPS) is 0. The van der Waals surface area contributed by atoms with Gasteiger partial charge in [0.15, 0.2) is 0 Å². The van der Waals surface area contributed by atoms with Gasteiger partial charge >= 0.3 is 63.6 Å². The van der Waals surface area contributed by atoms with Crippen molar-refractivity contribution in [3.63, 3.8) is 0 Å². The van der Waals surface area contributed by atoms with Gasteiger partial charge in [-0.3, -0.25) is 0 Å². The summed E-state index contributed by atoms with van der Waals surface area (Å²) in [5, 5.41) is 0. The van der Waals surface area contributed by atoms with Crippen LogP contribution in [0.3, 0.4) is 0 Å². The fourth-order valence-electron chi connectivity index (χ4n) is 0. The van der Waals surface area contributed by atoms with Crippen LogP contribution in [0, 0.1) is 0 Å². The van der Waals surface area contributed by atoms with E-state index in [1.807, 2.05) is 0 Å². The van der Waals surface area contributed by atoms with E-state index >= 15 is 0 Å². The van der Waals surface area contributed by atoms with Crippen LogP contribution in [-0.2, 0) is 21.7 Å². The Hall–Kier alpha value is 3.19. The van der Waals surface area contributed by atoms with Crippen LogP contribution < -0.4 is 0 Å². The molecule has 0 atom stereocenters. The molecule has 0 radical (unpaired) electrons. The van der Waals surface area contributed by atoms with Crippen molar-refractivity contribution in [2.45, 2.75) is 0 Å². The molecule has 0 N–H and O–H groups in total. The van der Waals surface area contributed by atoms with Crippen LogP contribution in [0.25, 0.3) is 0 Å². The van der Waals surface area contributed by atoms with Crippen molar-refractivity contribution >= 4 is 77.1 Å². The van der Waals surface area contributed by atoms with Gasteiger partial charge < -0.3 is 2.85 Å². The van der Waals surface area contributed by atoms with Gasteiger partial charge in [0, 0.05) is 21.7 Å². The molecule has 22 valence electrons. The van der Waals surface area contributed by atoms with Crippen molar-refractivity contribution in [3.05, 3.63) is 0 Å². The molecule has 4 heavy (non-hydrogen) atoms. The van der Waals surface area contributed by atoms with Crippen LogP contribution in [-0.4, -0.2) is 63.6 Å². The first-order valence-electron chi connectivity index (χ1n) is 0. The molecular weight excluding hydrogens is 235 g/mol. The molecule has 0 nitrogen and oxygen atoms in total. The minimum absolute atomic E-state index is 0. The monoisotopic (exact) mass is 242 g/mol. The smallest absolute Gasteiger partial charge is 0 e. The number of hydrogen-bond donors (Lipinski definition) is 0. The van der Waals surface area contributed by atoms with Gasteiger partial charge in [-0.25, -0.2) is 0 Å². The quantitative estimate of drug-likeness (QED) is 0.466. The zero-order chi connectivity index (χ0) is 0. The molecule has 0 unspecified atom stereocenters. The molecule has 4 heteroatoms. The summed E-state index contributed by atoms with van der Waals surface area (Å²) in [5.74, 6) is 0. The first-order valence-corrected chi connectivity index (χ1v) is 0. The largest absolute Gasteiger partial charge is 0 e. The van der Waals surface area contributed by atoms with E-state index in [1.165, 1.54) is 0 Å². The zero-order valence-electron chi connectivity index (χ0n) is 3.71. The average Bonchev–Trinajstić information content (AvgIpc) is 0. The number of hydrogen-bond acceptors (Lipinski definition) is 0. The first kappa shape index (κ1) is 27.1. The van der Waals surface area contributed by atoms with E-state index in [-0.39, 0.29) is 102 Å². The summed E-state index contributed by atoms with van der Waals surface area (Å²) in [6, 6.07) is 0. The second-order valence-corrected chi connectivity index (χ2v) is 0. The third-order valence-electron chi connectivity index (χ3n) is 0. The molecule has 0 saturated carbocycles. The van der Waals surface area contributed by atoms with Gasteiger partial charge in [-0.15, -0.1) is 0 Å². The molecule has 0 fully saturated rings. The van der Waals surface area contributed by atoms with Crippen molar-refractivity contribution in [2.24, 2.45) is 0 Å². The molecule has 0 heterocycles. The van der Waals surface area contributed by atoms with E-state index < -0.39 is 0 Å². The predicted molar refractivity (Wildman–Crippen MR) is 28.3 cm³/mol. The van der Waals surface area contributed by atoms with Gasteiger partial charge in [-0.05, 0) is 0 Å². The Labute approximate surface area is 99.6 Å². The maximum Gasteiger partial charge on any atom is 0 e. The Morgan fingerprint density at radius 1 is 1.25 bits per heavy atom. The predicted octanol–water partition coefficient (Wildman–Crippen LogP) is -1.23. The summed E-state index contributed by atoms with van der Waals surface area (Å²) in [4.78, 5) is 0. The van der Waals surface area contributed by atoms with Crippen LogP contribution in [0.15, 0.2) is 0 Å². The van der Waals surface area contributed by atoms with Gasteiger partial charge in [0.25, 0.3) is 0 Å². The Morgan fingerprint density at radius 3 is 1.25 bits per heavy atom. The van der Waals surface area contributed by atoms with Crippen LogP contribution >= 0.6 is 13.5 Å².